The van der Waals surface area contributed by atoms with Crippen molar-refractivity contribution in [3.05, 3.63) is 23.8 Å². The van der Waals surface area contributed by atoms with Gasteiger partial charge >= 0.3 is 0 Å². The van der Waals surface area contributed by atoms with Gasteiger partial charge in [0.25, 0.3) is 0 Å². The van der Waals surface area contributed by atoms with E-state index in [0.717, 1.165) is 24.5 Å². The first-order valence-electron chi connectivity index (χ1n) is 7.33. The maximum atomic E-state index is 5.68. The van der Waals surface area contributed by atoms with E-state index < -0.39 is 0 Å². The van der Waals surface area contributed by atoms with Crippen molar-refractivity contribution in [1.82, 2.24) is 5.32 Å². The summed E-state index contributed by atoms with van der Waals surface area (Å²) in [5.74, 6) is 2.43. The molecule has 0 aromatic heterocycles. The number of benzene rings is 1. The first-order valence-corrected chi connectivity index (χ1v) is 7.33. The Labute approximate surface area is 115 Å². The highest BCUT2D eigenvalue weighted by Gasteiger charge is 2.36. The van der Waals surface area contributed by atoms with Gasteiger partial charge in [-0.05, 0) is 49.4 Å². The minimum atomic E-state index is 0.254. The lowest BCUT2D eigenvalue weighted by molar-refractivity contribution is 0.171. The summed E-state index contributed by atoms with van der Waals surface area (Å²) in [4.78, 5) is 0. The smallest absolute Gasteiger partial charge is 0.161 e. The van der Waals surface area contributed by atoms with Gasteiger partial charge < -0.3 is 14.8 Å². The molecule has 0 aliphatic carbocycles. The predicted molar refractivity (Wildman–Crippen MR) is 75.9 cm³/mol. The Morgan fingerprint density at radius 2 is 2.00 bits per heavy atom. The molecule has 0 radical (unpaired) electrons. The maximum Gasteiger partial charge on any atom is 0.161 e. The topological polar surface area (TPSA) is 30.5 Å². The lowest BCUT2D eigenvalue weighted by atomic mass is 9.80. The lowest BCUT2D eigenvalue weighted by Gasteiger charge is -2.34. The highest BCUT2D eigenvalue weighted by Crippen LogP contribution is 2.35. The van der Waals surface area contributed by atoms with Gasteiger partial charge in [0.2, 0.25) is 0 Å². The van der Waals surface area contributed by atoms with E-state index in [1.54, 1.807) is 0 Å². The third kappa shape index (κ3) is 2.44. The second-order valence-corrected chi connectivity index (χ2v) is 6.00. The Hall–Kier alpha value is -1.22. The number of fused-ring (bicyclic) bond motifs is 1. The molecule has 3 nitrogen and oxygen atoms in total. The third-order valence-electron chi connectivity index (χ3n) is 4.51. The fraction of sp³-hybridized carbons (Fsp3) is 0.625. The van der Waals surface area contributed by atoms with Gasteiger partial charge in [0.15, 0.2) is 11.5 Å². The summed E-state index contributed by atoms with van der Waals surface area (Å²) in [5.41, 5.74) is 1.59. The zero-order valence-electron chi connectivity index (χ0n) is 11.9. The Bertz CT molecular complexity index is 450. The molecule has 1 aromatic carbocycles. The van der Waals surface area contributed by atoms with Crippen LogP contribution in [0.5, 0.6) is 11.5 Å². The Kier molecular flexibility index (Phi) is 3.40. The number of nitrogens with one attached hydrogen (secondary N) is 1. The van der Waals surface area contributed by atoms with Gasteiger partial charge in [-0.2, -0.15) is 0 Å². The zero-order valence-corrected chi connectivity index (χ0v) is 11.9. The monoisotopic (exact) mass is 261 g/mol. The Morgan fingerprint density at radius 1 is 1.21 bits per heavy atom. The van der Waals surface area contributed by atoms with Crippen LogP contribution in [-0.2, 0) is 6.42 Å². The standard InChI is InChI=1S/C16H23NO2/c1-12(2)16(6-3-7-17-16)11-13-4-5-14-15(10-13)19-9-8-18-14/h4-5,10,12,17H,3,6-9,11H2,1-2H3. The van der Waals surface area contributed by atoms with E-state index in [0.29, 0.717) is 19.1 Å². The van der Waals surface area contributed by atoms with Crippen LogP contribution >= 0.6 is 0 Å². The molecule has 1 N–H and O–H groups in total. The van der Waals surface area contributed by atoms with Crippen LogP contribution in [0.1, 0.15) is 32.3 Å². The summed E-state index contributed by atoms with van der Waals surface area (Å²) in [7, 11) is 0. The Morgan fingerprint density at radius 3 is 2.68 bits per heavy atom. The molecule has 0 amide bonds. The van der Waals surface area contributed by atoms with Crippen LogP contribution < -0.4 is 14.8 Å². The quantitative estimate of drug-likeness (QED) is 0.907. The number of ether oxygens (including phenoxy) is 2. The number of rotatable bonds is 3. The van der Waals surface area contributed by atoms with Gasteiger partial charge in [0, 0.05) is 5.54 Å². The second kappa shape index (κ2) is 5.04. The van der Waals surface area contributed by atoms with Gasteiger partial charge in [-0.3, -0.25) is 0 Å². The Balaban J connectivity index is 1.82. The summed E-state index contributed by atoms with van der Waals surface area (Å²) in [6.07, 6.45) is 3.61. The minimum Gasteiger partial charge on any atom is -0.486 e. The third-order valence-corrected chi connectivity index (χ3v) is 4.51. The van der Waals surface area contributed by atoms with Crippen LogP contribution in [-0.4, -0.2) is 25.3 Å². The molecule has 2 aliphatic rings. The zero-order chi connectivity index (χ0) is 13.3. The molecule has 19 heavy (non-hydrogen) atoms. The molecule has 2 heterocycles. The van der Waals surface area contributed by atoms with Crippen LogP contribution in [0.25, 0.3) is 0 Å². The highest BCUT2D eigenvalue weighted by molar-refractivity contribution is 5.44. The molecule has 0 saturated carbocycles. The van der Waals surface area contributed by atoms with Crippen LogP contribution in [0, 0.1) is 5.92 Å². The normalized spacial score (nSPS) is 25.8. The lowest BCUT2D eigenvalue weighted by Crippen LogP contribution is -2.46. The van der Waals surface area contributed by atoms with E-state index in [1.165, 1.54) is 18.4 Å². The van der Waals surface area contributed by atoms with E-state index in [1.807, 2.05) is 6.07 Å². The van der Waals surface area contributed by atoms with Crippen molar-refractivity contribution in [2.45, 2.75) is 38.6 Å². The summed E-state index contributed by atoms with van der Waals surface area (Å²) in [6, 6.07) is 6.38. The maximum absolute atomic E-state index is 5.68. The molecule has 3 rings (SSSR count). The largest absolute Gasteiger partial charge is 0.486 e. The van der Waals surface area contributed by atoms with Crippen molar-refractivity contribution in [1.29, 1.82) is 0 Å². The summed E-state index contributed by atoms with van der Waals surface area (Å²) < 4.78 is 11.3. The molecule has 2 aliphatic heterocycles. The summed E-state index contributed by atoms with van der Waals surface area (Å²) in [6.45, 7) is 7.09. The number of hydrogen-bond donors (Lipinski definition) is 1. The first kappa shape index (κ1) is 12.8. The molecule has 1 saturated heterocycles. The average Bonchev–Trinajstić information content (AvgIpc) is 2.88. The van der Waals surface area contributed by atoms with Crippen molar-refractivity contribution in [3.63, 3.8) is 0 Å². The van der Waals surface area contributed by atoms with E-state index in [4.69, 9.17) is 9.47 Å². The average molecular weight is 261 g/mol. The molecule has 1 atom stereocenters. The van der Waals surface area contributed by atoms with E-state index >= 15 is 0 Å². The van der Waals surface area contributed by atoms with Crippen LogP contribution in [0.15, 0.2) is 18.2 Å². The van der Waals surface area contributed by atoms with E-state index in [2.05, 4.69) is 31.3 Å². The summed E-state index contributed by atoms with van der Waals surface area (Å²) >= 11 is 0. The van der Waals surface area contributed by atoms with Crippen LogP contribution in [0.3, 0.4) is 0 Å². The molecule has 0 bridgehead atoms. The molecule has 1 unspecified atom stereocenters. The predicted octanol–water partition coefficient (Wildman–Crippen LogP) is 2.78. The minimum absolute atomic E-state index is 0.254. The van der Waals surface area contributed by atoms with E-state index in [-0.39, 0.29) is 5.54 Å². The van der Waals surface area contributed by atoms with Crippen molar-refractivity contribution in [3.8, 4) is 11.5 Å². The van der Waals surface area contributed by atoms with Gasteiger partial charge in [-0.15, -0.1) is 0 Å². The van der Waals surface area contributed by atoms with Crippen molar-refractivity contribution in [2.75, 3.05) is 19.8 Å². The molecule has 0 spiro atoms. The van der Waals surface area contributed by atoms with Crippen LogP contribution in [0.4, 0.5) is 0 Å². The molecule has 104 valence electrons. The van der Waals surface area contributed by atoms with Gasteiger partial charge in [-0.25, -0.2) is 0 Å². The van der Waals surface area contributed by atoms with Crippen molar-refractivity contribution < 1.29 is 9.47 Å². The van der Waals surface area contributed by atoms with Gasteiger partial charge in [-0.1, -0.05) is 19.9 Å². The van der Waals surface area contributed by atoms with Crippen molar-refractivity contribution >= 4 is 0 Å². The molecular formula is C16H23NO2. The molecule has 3 heteroatoms. The SMILES string of the molecule is CC(C)C1(Cc2ccc3c(c2)OCCO3)CCCN1. The molecule has 1 aromatic rings. The second-order valence-electron chi connectivity index (χ2n) is 6.00. The van der Waals surface area contributed by atoms with Crippen molar-refractivity contribution in [2.24, 2.45) is 5.92 Å². The molecule has 1 fully saturated rings. The number of hydrogen-bond acceptors (Lipinski definition) is 3. The fourth-order valence-electron chi connectivity index (χ4n) is 3.24. The van der Waals surface area contributed by atoms with E-state index in [9.17, 15) is 0 Å². The fourth-order valence-corrected chi connectivity index (χ4v) is 3.24. The highest BCUT2D eigenvalue weighted by atomic mass is 16.6. The van der Waals surface area contributed by atoms with Gasteiger partial charge in [0.05, 0.1) is 0 Å². The molecular weight excluding hydrogens is 238 g/mol. The van der Waals surface area contributed by atoms with Gasteiger partial charge in [0.1, 0.15) is 13.2 Å². The summed E-state index contributed by atoms with van der Waals surface area (Å²) in [5, 5.41) is 3.73. The first-order chi connectivity index (χ1) is 9.20. The van der Waals surface area contributed by atoms with Crippen LogP contribution in [0.2, 0.25) is 0 Å².